The number of H-pyrrole nitrogens is 1. The van der Waals surface area contributed by atoms with Crippen molar-refractivity contribution in [1.82, 2.24) is 20.1 Å². The molecule has 2 aromatic rings. The molecule has 0 fully saturated rings. The highest BCUT2D eigenvalue weighted by Crippen LogP contribution is 2.21. The van der Waals surface area contributed by atoms with E-state index >= 15 is 0 Å². The van der Waals surface area contributed by atoms with Gasteiger partial charge >= 0.3 is 0 Å². The fourth-order valence-corrected chi connectivity index (χ4v) is 2.27. The molecule has 1 heterocycles. The standard InChI is InChI=1S/C14H18N4OS/c1-9(2)15-13(19)10(3)18-12(16-17-14(18)20)11-7-5-4-6-8-11/h4-10H,1-3H3,(H,15,19)(H,17,20). The number of hydrogen-bond acceptors (Lipinski definition) is 3. The van der Waals surface area contributed by atoms with Gasteiger partial charge in [0.15, 0.2) is 10.6 Å². The van der Waals surface area contributed by atoms with E-state index in [9.17, 15) is 4.79 Å². The van der Waals surface area contributed by atoms with Crippen molar-refractivity contribution in [3.8, 4) is 11.4 Å². The van der Waals surface area contributed by atoms with Gasteiger partial charge in [-0.15, -0.1) is 0 Å². The summed E-state index contributed by atoms with van der Waals surface area (Å²) in [4.78, 5) is 12.2. The lowest BCUT2D eigenvalue weighted by Crippen LogP contribution is -2.36. The first kappa shape index (κ1) is 14.5. The summed E-state index contributed by atoms with van der Waals surface area (Å²) in [6.45, 7) is 5.67. The van der Waals surface area contributed by atoms with Crippen LogP contribution >= 0.6 is 12.2 Å². The summed E-state index contributed by atoms with van der Waals surface area (Å²) in [7, 11) is 0. The highest BCUT2D eigenvalue weighted by molar-refractivity contribution is 7.71. The van der Waals surface area contributed by atoms with E-state index in [4.69, 9.17) is 12.2 Å². The molecule has 1 aromatic carbocycles. The van der Waals surface area contributed by atoms with E-state index < -0.39 is 6.04 Å². The Kier molecular flexibility index (Phi) is 4.34. The predicted octanol–water partition coefficient (Wildman–Crippen LogP) is 2.69. The van der Waals surface area contributed by atoms with E-state index in [0.29, 0.717) is 10.6 Å². The summed E-state index contributed by atoms with van der Waals surface area (Å²) >= 11 is 5.25. The number of nitrogens with one attached hydrogen (secondary N) is 2. The predicted molar refractivity (Wildman–Crippen MR) is 80.8 cm³/mol. The first-order valence-corrected chi connectivity index (χ1v) is 6.94. The number of carbonyl (C=O) groups excluding carboxylic acids is 1. The van der Waals surface area contributed by atoms with Crippen LogP contribution in [0.25, 0.3) is 11.4 Å². The van der Waals surface area contributed by atoms with E-state index in [-0.39, 0.29) is 11.9 Å². The van der Waals surface area contributed by atoms with Crippen molar-refractivity contribution in [2.24, 2.45) is 0 Å². The Morgan fingerprint density at radius 1 is 1.30 bits per heavy atom. The molecule has 0 aliphatic heterocycles. The first-order chi connectivity index (χ1) is 9.50. The highest BCUT2D eigenvalue weighted by atomic mass is 32.1. The normalized spacial score (nSPS) is 12.4. The van der Waals surface area contributed by atoms with Crippen molar-refractivity contribution in [3.63, 3.8) is 0 Å². The van der Waals surface area contributed by atoms with Gasteiger partial charge in [0.05, 0.1) is 0 Å². The van der Waals surface area contributed by atoms with Crippen LogP contribution in [0.1, 0.15) is 26.8 Å². The molecule has 0 bridgehead atoms. The van der Waals surface area contributed by atoms with Crippen LogP contribution in [0.3, 0.4) is 0 Å². The van der Waals surface area contributed by atoms with E-state index in [1.54, 1.807) is 4.57 Å². The summed E-state index contributed by atoms with van der Waals surface area (Å²) < 4.78 is 2.18. The topological polar surface area (TPSA) is 62.7 Å². The van der Waals surface area contributed by atoms with Crippen LogP contribution in [0.4, 0.5) is 0 Å². The minimum Gasteiger partial charge on any atom is -0.352 e. The molecule has 0 spiro atoms. The van der Waals surface area contributed by atoms with Crippen LogP contribution in [-0.2, 0) is 4.79 Å². The number of aromatic nitrogens is 3. The molecule has 0 saturated heterocycles. The van der Waals surface area contributed by atoms with E-state index in [2.05, 4.69) is 15.5 Å². The molecule has 6 heteroatoms. The Morgan fingerprint density at radius 3 is 2.55 bits per heavy atom. The molecule has 1 amide bonds. The molecule has 1 aromatic heterocycles. The number of rotatable bonds is 4. The van der Waals surface area contributed by atoms with Crippen LogP contribution in [0.5, 0.6) is 0 Å². The Balaban J connectivity index is 2.40. The quantitative estimate of drug-likeness (QED) is 0.851. The zero-order valence-corrected chi connectivity index (χ0v) is 12.6. The van der Waals surface area contributed by atoms with Crippen LogP contribution in [-0.4, -0.2) is 26.7 Å². The maximum absolute atomic E-state index is 12.2. The van der Waals surface area contributed by atoms with Crippen LogP contribution in [0, 0.1) is 4.77 Å². The number of aromatic amines is 1. The van der Waals surface area contributed by atoms with Gasteiger partial charge < -0.3 is 5.32 Å². The lowest BCUT2D eigenvalue weighted by molar-refractivity contribution is -0.124. The molecular weight excluding hydrogens is 272 g/mol. The summed E-state index contributed by atoms with van der Waals surface area (Å²) in [6, 6.07) is 9.34. The smallest absolute Gasteiger partial charge is 0.243 e. The summed E-state index contributed by atoms with van der Waals surface area (Å²) in [5.41, 5.74) is 0.920. The second kappa shape index (κ2) is 6.00. The molecular formula is C14H18N4OS. The molecule has 0 aliphatic rings. The maximum Gasteiger partial charge on any atom is 0.243 e. The minimum absolute atomic E-state index is 0.0744. The summed E-state index contributed by atoms with van der Waals surface area (Å²) in [6.07, 6.45) is 0. The van der Waals surface area contributed by atoms with Gasteiger partial charge in [-0.2, -0.15) is 5.10 Å². The van der Waals surface area contributed by atoms with E-state index in [1.807, 2.05) is 51.1 Å². The molecule has 0 aliphatic carbocycles. The lowest BCUT2D eigenvalue weighted by atomic mass is 10.2. The lowest BCUT2D eigenvalue weighted by Gasteiger charge is -2.17. The zero-order chi connectivity index (χ0) is 14.7. The first-order valence-electron chi connectivity index (χ1n) is 6.53. The second-order valence-corrected chi connectivity index (χ2v) is 5.31. The highest BCUT2D eigenvalue weighted by Gasteiger charge is 2.20. The van der Waals surface area contributed by atoms with Gasteiger partial charge in [0.25, 0.3) is 0 Å². The second-order valence-electron chi connectivity index (χ2n) is 4.93. The fourth-order valence-electron chi connectivity index (χ4n) is 1.98. The number of hydrogen-bond donors (Lipinski definition) is 2. The summed E-state index contributed by atoms with van der Waals surface area (Å²) in [5, 5.41) is 9.88. The largest absolute Gasteiger partial charge is 0.352 e. The molecule has 0 radical (unpaired) electrons. The molecule has 5 nitrogen and oxygen atoms in total. The van der Waals surface area contributed by atoms with Gasteiger partial charge in [-0.25, -0.2) is 0 Å². The van der Waals surface area contributed by atoms with Crippen molar-refractivity contribution in [1.29, 1.82) is 0 Å². The van der Waals surface area contributed by atoms with Crippen molar-refractivity contribution in [2.45, 2.75) is 32.9 Å². The van der Waals surface area contributed by atoms with Gasteiger partial charge in [-0.05, 0) is 33.0 Å². The molecule has 106 valence electrons. The van der Waals surface area contributed by atoms with Gasteiger partial charge in [0, 0.05) is 11.6 Å². The average molecular weight is 290 g/mol. The Morgan fingerprint density at radius 2 is 1.95 bits per heavy atom. The van der Waals surface area contributed by atoms with Crippen molar-refractivity contribution in [3.05, 3.63) is 35.1 Å². The SMILES string of the molecule is CC(C)NC(=O)C(C)n1c(-c2ccccc2)n[nH]c1=S. The third-order valence-electron chi connectivity index (χ3n) is 2.93. The Hall–Kier alpha value is -1.95. The monoisotopic (exact) mass is 290 g/mol. The van der Waals surface area contributed by atoms with Crippen LogP contribution < -0.4 is 5.32 Å². The Bertz CT molecular complexity index is 645. The van der Waals surface area contributed by atoms with Crippen LogP contribution in [0.2, 0.25) is 0 Å². The maximum atomic E-state index is 12.2. The van der Waals surface area contributed by atoms with Gasteiger partial charge in [0.2, 0.25) is 5.91 Å². The van der Waals surface area contributed by atoms with E-state index in [0.717, 1.165) is 5.56 Å². The van der Waals surface area contributed by atoms with Gasteiger partial charge in [-0.3, -0.25) is 14.5 Å². The Labute approximate surface area is 123 Å². The molecule has 0 saturated carbocycles. The number of benzene rings is 1. The third-order valence-corrected chi connectivity index (χ3v) is 3.22. The molecule has 2 N–H and O–H groups in total. The average Bonchev–Trinajstić information content (AvgIpc) is 2.80. The zero-order valence-electron chi connectivity index (χ0n) is 11.8. The minimum atomic E-state index is -0.418. The number of carbonyl (C=O) groups is 1. The summed E-state index contributed by atoms with van der Waals surface area (Å²) in [5.74, 6) is 0.594. The van der Waals surface area contributed by atoms with Crippen LogP contribution in [0.15, 0.2) is 30.3 Å². The fraction of sp³-hybridized carbons (Fsp3) is 0.357. The molecule has 2 rings (SSSR count). The van der Waals surface area contributed by atoms with Gasteiger partial charge in [-0.1, -0.05) is 30.3 Å². The van der Waals surface area contributed by atoms with E-state index in [1.165, 1.54) is 0 Å². The van der Waals surface area contributed by atoms with Gasteiger partial charge in [0.1, 0.15) is 6.04 Å². The van der Waals surface area contributed by atoms with Crippen molar-refractivity contribution < 1.29 is 4.79 Å². The molecule has 20 heavy (non-hydrogen) atoms. The molecule has 1 unspecified atom stereocenters. The third kappa shape index (κ3) is 2.96. The number of amides is 1. The number of nitrogens with zero attached hydrogens (tertiary/aromatic N) is 2. The molecule has 1 atom stereocenters. The van der Waals surface area contributed by atoms with Crippen molar-refractivity contribution in [2.75, 3.05) is 0 Å². The van der Waals surface area contributed by atoms with Crippen molar-refractivity contribution >= 4 is 18.1 Å².